The molecule has 0 unspecified atom stereocenters. The molecule has 0 rings (SSSR count). The van der Waals surface area contributed by atoms with E-state index in [-0.39, 0.29) is 12.6 Å². The fraction of sp³-hybridized carbons (Fsp3) is 0.833. The predicted molar refractivity (Wildman–Crippen MR) is 39.9 cm³/mol. The van der Waals surface area contributed by atoms with Gasteiger partial charge in [0.25, 0.3) is 0 Å². The average Bonchev–Trinajstić information content (AvgIpc) is 1.97. The van der Waals surface area contributed by atoms with Crippen LogP contribution >= 0.6 is 0 Å². The van der Waals surface area contributed by atoms with Crippen molar-refractivity contribution in [2.24, 2.45) is 5.73 Å². The van der Waals surface area contributed by atoms with Crippen LogP contribution < -0.4 is 11.1 Å². The molecule has 0 aromatic rings. The molecule has 0 radical (unpaired) electrons. The lowest BCUT2D eigenvalue weighted by atomic mass is 10.2. The Morgan fingerprint density at radius 3 is 2.91 bits per heavy atom. The maximum Gasteiger partial charge on any atom is 0.303 e. The summed E-state index contributed by atoms with van der Waals surface area (Å²) in [7, 11) is 1.54. The molecule has 5 nitrogen and oxygen atoms in total. The molecule has 0 aliphatic heterocycles. The lowest BCUT2D eigenvalue weighted by molar-refractivity contribution is -0.137. The molecule has 0 spiro atoms. The van der Waals surface area contributed by atoms with E-state index in [2.05, 4.69) is 10.1 Å². The summed E-state index contributed by atoms with van der Waals surface area (Å²) in [6, 6.07) is 0. The molecule has 0 heterocycles. The maximum absolute atomic E-state index is 10.1. The van der Waals surface area contributed by atoms with E-state index < -0.39 is 5.97 Å². The lowest BCUT2D eigenvalue weighted by Gasteiger charge is -2.10. The van der Waals surface area contributed by atoms with Gasteiger partial charge in [0, 0.05) is 13.5 Å². The van der Waals surface area contributed by atoms with Gasteiger partial charge >= 0.3 is 5.97 Å². The molecule has 0 aromatic heterocycles. The molecule has 1 atom stereocenters. The molecule has 0 saturated carbocycles. The van der Waals surface area contributed by atoms with Gasteiger partial charge in [-0.15, -0.1) is 0 Å². The first kappa shape index (κ1) is 10.3. The Bertz CT molecular complexity index is 118. The second-order valence-electron chi connectivity index (χ2n) is 2.18. The van der Waals surface area contributed by atoms with Crippen LogP contribution in [0.25, 0.3) is 0 Å². The maximum atomic E-state index is 10.1. The van der Waals surface area contributed by atoms with E-state index in [0.717, 1.165) is 0 Å². The van der Waals surface area contributed by atoms with Crippen LogP contribution in [0.5, 0.6) is 0 Å². The Hall–Kier alpha value is -0.650. The van der Waals surface area contributed by atoms with E-state index in [1.165, 1.54) is 7.11 Å². The highest BCUT2D eigenvalue weighted by Gasteiger charge is 2.03. The summed E-state index contributed by atoms with van der Waals surface area (Å²) in [5.41, 5.74) is 5.45. The predicted octanol–water partition coefficient (Wildman–Crippen LogP) is -0.670. The van der Waals surface area contributed by atoms with E-state index >= 15 is 0 Å². The van der Waals surface area contributed by atoms with Gasteiger partial charge in [0.05, 0.1) is 12.9 Å². The van der Waals surface area contributed by atoms with Gasteiger partial charge < -0.3 is 15.6 Å². The van der Waals surface area contributed by atoms with Crippen molar-refractivity contribution in [2.45, 2.75) is 19.0 Å². The largest absolute Gasteiger partial charge is 0.481 e. The topological polar surface area (TPSA) is 84.6 Å². The lowest BCUT2D eigenvalue weighted by Crippen LogP contribution is -2.38. The molecule has 0 aromatic carbocycles. The van der Waals surface area contributed by atoms with E-state index in [0.29, 0.717) is 13.2 Å². The van der Waals surface area contributed by atoms with Crippen molar-refractivity contribution in [1.29, 1.82) is 0 Å². The quantitative estimate of drug-likeness (QED) is 0.451. The molecular weight excluding hydrogens is 148 g/mol. The summed E-state index contributed by atoms with van der Waals surface area (Å²) >= 11 is 0. The number of hydrogen-bond donors (Lipinski definition) is 3. The molecular formula is C6H14N2O3. The van der Waals surface area contributed by atoms with Gasteiger partial charge in [-0.2, -0.15) is 0 Å². The van der Waals surface area contributed by atoms with E-state index in [1.807, 2.05) is 0 Å². The summed E-state index contributed by atoms with van der Waals surface area (Å²) in [4.78, 5) is 10.1. The van der Waals surface area contributed by atoms with Crippen molar-refractivity contribution < 1.29 is 14.6 Å². The summed E-state index contributed by atoms with van der Waals surface area (Å²) in [6.07, 6.45) is 0.197. The highest BCUT2D eigenvalue weighted by molar-refractivity contribution is 5.66. The zero-order valence-electron chi connectivity index (χ0n) is 6.54. The van der Waals surface area contributed by atoms with Crippen LogP contribution in [0.4, 0.5) is 0 Å². The number of carboxylic acids is 1. The number of nitrogens with two attached hydrogens (primary N) is 1. The Morgan fingerprint density at radius 2 is 2.45 bits per heavy atom. The molecule has 0 aliphatic carbocycles. The fourth-order valence-electron chi connectivity index (χ4n) is 0.571. The SMILES string of the molecule is COCN[C@@H](N)CCC(=O)O. The minimum absolute atomic E-state index is 0.0812. The van der Waals surface area contributed by atoms with Gasteiger partial charge in [0.15, 0.2) is 0 Å². The minimum atomic E-state index is -0.834. The highest BCUT2D eigenvalue weighted by Crippen LogP contribution is 1.90. The third-order valence-corrected chi connectivity index (χ3v) is 1.16. The summed E-state index contributed by atoms with van der Waals surface area (Å²) < 4.78 is 4.68. The second kappa shape index (κ2) is 6.09. The van der Waals surface area contributed by atoms with Crippen molar-refractivity contribution in [3.05, 3.63) is 0 Å². The number of hydrogen-bond acceptors (Lipinski definition) is 4. The van der Waals surface area contributed by atoms with E-state index in [1.54, 1.807) is 0 Å². The molecule has 0 saturated heterocycles. The monoisotopic (exact) mass is 162 g/mol. The Morgan fingerprint density at radius 1 is 1.82 bits per heavy atom. The van der Waals surface area contributed by atoms with Crippen molar-refractivity contribution >= 4 is 5.97 Å². The van der Waals surface area contributed by atoms with E-state index in [4.69, 9.17) is 10.8 Å². The van der Waals surface area contributed by atoms with Crippen LogP contribution in [0.3, 0.4) is 0 Å². The Balaban J connectivity index is 3.22. The molecule has 0 bridgehead atoms. The summed E-state index contributed by atoms with van der Waals surface area (Å²) in [6.45, 7) is 0.348. The summed E-state index contributed by atoms with van der Waals surface area (Å²) in [5.74, 6) is -0.834. The van der Waals surface area contributed by atoms with Crippen molar-refractivity contribution in [3.8, 4) is 0 Å². The molecule has 5 heteroatoms. The number of aliphatic carboxylic acids is 1. The van der Waals surface area contributed by atoms with Crippen LogP contribution in [-0.4, -0.2) is 31.1 Å². The van der Waals surface area contributed by atoms with Gasteiger partial charge in [-0.05, 0) is 6.42 Å². The zero-order chi connectivity index (χ0) is 8.69. The molecule has 4 N–H and O–H groups in total. The smallest absolute Gasteiger partial charge is 0.303 e. The van der Waals surface area contributed by atoms with E-state index in [9.17, 15) is 4.79 Å². The minimum Gasteiger partial charge on any atom is -0.481 e. The normalized spacial score (nSPS) is 12.9. The Labute approximate surface area is 65.5 Å². The van der Waals surface area contributed by atoms with Crippen LogP contribution in [-0.2, 0) is 9.53 Å². The standard InChI is InChI=1S/C6H14N2O3/c1-11-4-8-5(7)2-3-6(9)10/h5,8H,2-4,7H2,1H3,(H,9,10)/t5-/m1/s1. The number of carbonyl (C=O) groups is 1. The number of rotatable bonds is 6. The molecule has 0 aliphatic rings. The van der Waals surface area contributed by atoms with Gasteiger partial charge in [-0.25, -0.2) is 0 Å². The molecule has 11 heavy (non-hydrogen) atoms. The first-order valence-corrected chi connectivity index (χ1v) is 3.36. The average molecular weight is 162 g/mol. The number of ether oxygens (including phenoxy) is 1. The van der Waals surface area contributed by atoms with Gasteiger partial charge in [0.1, 0.15) is 0 Å². The highest BCUT2D eigenvalue weighted by atomic mass is 16.5. The third-order valence-electron chi connectivity index (χ3n) is 1.16. The van der Waals surface area contributed by atoms with Crippen molar-refractivity contribution in [3.63, 3.8) is 0 Å². The summed E-state index contributed by atoms with van der Waals surface area (Å²) in [5, 5.41) is 11.1. The third kappa shape index (κ3) is 7.24. The van der Waals surface area contributed by atoms with Gasteiger partial charge in [-0.1, -0.05) is 0 Å². The molecule has 66 valence electrons. The first-order chi connectivity index (χ1) is 5.16. The van der Waals surface area contributed by atoms with Crippen LogP contribution in [0.1, 0.15) is 12.8 Å². The van der Waals surface area contributed by atoms with Crippen LogP contribution in [0, 0.1) is 0 Å². The second-order valence-corrected chi connectivity index (χ2v) is 2.18. The number of carboxylic acid groups (broad SMARTS) is 1. The molecule has 0 fully saturated rings. The fourth-order valence-corrected chi connectivity index (χ4v) is 0.571. The Kier molecular flexibility index (Phi) is 5.73. The van der Waals surface area contributed by atoms with Crippen molar-refractivity contribution in [2.75, 3.05) is 13.8 Å². The first-order valence-electron chi connectivity index (χ1n) is 3.36. The molecule has 0 amide bonds. The van der Waals surface area contributed by atoms with Crippen LogP contribution in [0.15, 0.2) is 0 Å². The van der Waals surface area contributed by atoms with Gasteiger partial charge in [-0.3, -0.25) is 10.1 Å². The zero-order valence-corrected chi connectivity index (χ0v) is 6.54. The van der Waals surface area contributed by atoms with Gasteiger partial charge in [0.2, 0.25) is 0 Å². The van der Waals surface area contributed by atoms with Crippen LogP contribution in [0.2, 0.25) is 0 Å². The number of methoxy groups -OCH3 is 1. The van der Waals surface area contributed by atoms with Crippen molar-refractivity contribution in [1.82, 2.24) is 5.32 Å². The number of nitrogens with one attached hydrogen (secondary N) is 1.